The van der Waals surface area contributed by atoms with Gasteiger partial charge in [0, 0.05) is 17.7 Å². The van der Waals surface area contributed by atoms with Crippen LogP contribution in [0.25, 0.3) is 0 Å². The molecule has 1 unspecified atom stereocenters. The lowest BCUT2D eigenvalue weighted by molar-refractivity contribution is -0.149. The second-order valence-corrected chi connectivity index (χ2v) is 6.38. The minimum absolute atomic E-state index is 0.328. The number of rotatable bonds is 4. The van der Waals surface area contributed by atoms with E-state index in [1.54, 1.807) is 45.0 Å². The Bertz CT molecular complexity index is 664. The van der Waals surface area contributed by atoms with E-state index in [9.17, 15) is 14.4 Å². The molecule has 23 heavy (non-hydrogen) atoms. The van der Waals surface area contributed by atoms with Crippen LogP contribution in [-0.2, 0) is 14.3 Å². The molecule has 1 fully saturated rings. The van der Waals surface area contributed by atoms with E-state index in [0.717, 1.165) is 6.08 Å². The number of hydrogen-bond donors (Lipinski definition) is 2. The minimum atomic E-state index is -1.05. The number of carbonyl (C=O) groups excluding carboxylic acids is 3. The monoisotopic (exact) mass is 316 g/mol. The number of cyclic esters (lactones) is 1. The van der Waals surface area contributed by atoms with Crippen LogP contribution < -0.4 is 10.6 Å². The maximum Gasteiger partial charge on any atom is 0.332 e. The molecule has 0 saturated carbocycles. The zero-order valence-corrected chi connectivity index (χ0v) is 13.4. The highest BCUT2D eigenvalue weighted by molar-refractivity contribution is 6.01. The molecule has 2 rings (SSSR count). The Balaban J connectivity index is 2.08. The third kappa shape index (κ3) is 3.77. The van der Waals surface area contributed by atoms with Crippen molar-refractivity contribution in [3.63, 3.8) is 0 Å². The first-order valence-corrected chi connectivity index (χ1v) is 7.25. The Morgan fingerprint density at radius 3 is 2.30 bits per heavy atom. The second kappa shape index (κ2) is 5.87. The molecule has 1 aromatic rings. The van der Waals surface area contributed by atoms with Crippen molar-refractivity contribution in [1.29, 1.82) is 0 Å². The lowest BCUT2D eigenvalue weighted by Gasteiger charge is -2.22. The van der Waals surface area contributed by atoms with Crippen LogP contribution in [0.5, 0.6) is 0 Å². The molecule has 1 aliphatic heterocycles. The van der Waals surface area contributed by atoms with Crippen molar-refractivity contribution in [1.82, 2.24) is 5.32 Å². The molecular formula is C17H20N2O4. The SMILES string of the molecule is C=CC(=O)Nc1ccc(C(=O)NC2(C)CC(C)(C)OC2=O)cc1. The van der Waals surface area contributed by atoms with E-state index >= 15 is 0 Å². The van der Waals surface area contributed by atoms with Gasteiger partial charge in [-0.25, -0.2) is 4.79 Å². The zero-order chi connectivity index (χ0) is 17.3. The molecule has 6 heteroatoms. The van der Waals surface area contributed by atoms with Gasteiger partial charge in [0.2, 0.25) is 5.91 Å². The number of hydrogen-bond acceptors (Lipinski definition) is 4. The summed E-state index contributed by atoms with van der Waals surface area (Å²) < 4.78 is 5.27. The second-order valence-electron chi connectivity index (χ2n) is 6.38. The maximum atomic E-state index is 12.3. The van der Waals surface area contributed by atoms with Crippen molar-refractivity contribution in [3.8, 4) is 0 Å². The van der Waals surface area contributed by atoms with Gasteiger partial charge in [-0.1, -0.05) is 6.58 Å². The average Bonchev–Trinajstić information content (AvgIpc) is 2.66. The summed E-state index contributed by atoms with van der Waals surface area (Å²) in [7, 11) is 0. The van der Waals surface area contributed by atoms with Crippen LogP contribution in [0.2, 0.25) is 0 Å². The first-order chi connectivity index (χ1) is 10.6. The highest BCUT2D eigenvalue weighted by Crippen LogP contribution is 2.33. The lowest BCUT2D eigenvalue weighted by Crippen LogP contribution is -2.49. The van der Waals surface area contributed by atoms with Crippen molar-refractivity contribution in [2.75, 3.05) is 5.32 Å². The standard InChI is InChI=1S/C17H20N2O4/c1-5-13(20)18-12-8-6-11(7-9-12)14(21)19-17(4)10-16(2,3)23-15(17)22/h5-9H,1,10H2,2-4H3,(H,18,20)(H,19,21). The molecule has 1 aliphatic rings. The van der Waals surface area contributed by atoms with Gasteiger partial charge in [-0.3, -0.25) is 9.59 Å². The van der Waals surface area contributed by atoms with Gasteiger partial charge in [-0.2, -0.15) is 0 Å². The zero-order valence-electron chi connectivity index (χ0n) is 13.4. The topological polar surface area (TPSA) is 84.5 Å². The van der Waals surface area contributed by atoms with Crippen molar-refractivity contribution in [2.24, 2.45) is 0 Å². The van der Waals surface area contributed by atoms with E-state index in [-0.39, 0.29) is 11.8 Å². The molecule has 2 amide bonds. The molecule has 0 spiro atoms. The minimum Gasteiger partial charge on any atom is -0.458 e. The predicted molar refractivity (Wildman–Crippen MR) is 85.9 cm³/mol. The summed E-state index contributed by atoms with van der Waals surface area (Å²) in [5.74, 6) is -1.14. The Hall–Kier alpha value is -2.63. The Labute approximate surface area is 134 Å². The highest BCUT2D eigenvalue weighted by Gasteiger charge is 2.50. The quantitative estimate of drug-likeness (QED) is 0.657. The van der Waals surface area contributed by atoms with Crippen LogP contribution >= 0.6 is 0 Å². The van der Waals surface area contributed by atoms with Crippen LogP contribution in [0, 0.1) is 0 Å². The number of anilines is 1. The predicted octanol–water partition coefficient (Wildman–Crippen LogP) is 2.03. The van der Waals surface area contributed by atoms with E-state index < -0.39 is 17.1 Å². The first kappa shape index (κ1) is 16.7. The van der Waals surface area contributed by atoms with Gasteiger partial charge < -0.3 is 15.4 Å². The fraction of sp³-hybridized carbons (Fsp3) is 0.353. The fourth-order valence-electron chi connectivity index (χ4n) is 2.64. The van der Waals surface area contributed by atoms with E-state index in [1.165, 1.54) is 0 Å². The van der Waals surface area contributed by atoms with Crippen LogP contribution in [-0.4, -0.2) is 28.9 Å². The maximum absolute atomic E-state index is 12.3. The summed E-state index contributed by atoms with van der Waals surface area (Å²) in [5, 5.41) is 5.32. The normalized spacial score (nSPS) is 22.1. The molecule has 2 N–H and O–H groups in total. The number of benzene rings is 1. The van der Waals surface area contributed by atoms with Gasteiger partial charge in [0.05, 0.1) is 0 Å². The van der Waals surface area contributed by atoms with E-state index in [4.69, 9.17) is 4.74 Å². The smallest absolute Gasteiger partial charge is 0.332 e. The fourth-order valence-corrected chi connectivity index (χ4v) is 2.64. The number of carbonyl (C=O) groups is 3. The van der Waals surface area contributed by atoms with Crippen molar-refractivity contribution in [2.45, 2.75) is 38.3 Å². The van der Waals surface area contributed by atoms with Crippen molar-refractivity contribution < 1.29 is 19.1 Å². The highest BCUT2D eigenvalue weighted by atomic mass is 16.6. The third-order valence-corrected chi connectivity index (χ3v) is 3.59. The number of ether oxygens (including phenoxy) is 1. The third-order valence-electron chi connectivity index (χ3n) is 3.59. The molecule has 6 nitrogen and oxygen atoms in total. The van der Waals surface area contributed by atoms with E-state index in [0.29, 0.717) is 17.7 Å². The Morgan fingerprint density at radius 2 is 1.83 bits per heavy atom. The van der Waals surface area contributed by atoms with E-state index in [2.05, 4.69) is 17.2 Å². The number of esters is 1. The van der Waals surface area contributed by atoms with Crippen LogP contribution in [0.3, 0.4) is 0 Å². The number of amides is 2. The Morgan fingerprint density at radius 1 is 1.22 bits per heavy atom. The van der Waals surface area contributed by atoms with Gasteiger partial charge in [-0.05, 0) is 51.1 Å². The summed E-state index contributed by atoms with van der Waals surface area (Å²) in [6, 6.07) is 6.36. The van der Waals surface area contributed by atoms with Gasteiger partial charge in [0.15, 0.2) is 0 Å². The first-order valence-electron chi connectivity index (χ1n) is 7.25. The summed E-state index contributed by atoms with van der Waals surface area (Å²) in [6.45, 7) is 8.63. The van der Waals surface area contributed by atoms with E-state index in [1.807, 2.05) is 0 Å². The molecule has 0 radical (unpaired) electrons. The summed E-state index contributed by atoms with van der Waals surface area (Å²) in [4.78, 5) is 35.5. The molecule has 1 atom stereocenters. The molecular weight excluding hydrogens is 296 g/mol. The summed E-state index contributed by atoms with van der Waals surface area (Å²) in [5.41, 5.74) is -0.701. The molecule has 0 aliphatic carbocycles. The molecule has 1 saturated heterocycles. The number of nitrogens with one attached hydrogen (secondary N) is 2. The Kier molecular flexibility index (Phi) is 4.27. The van der Waals surface area contributed by atoms with Crippen molar-refractivity contribution in [3.05, 3.63) is 42.5 Å². The summed E-state index contributed by atoms with van der Waals surface area (Å²) >= 11 is 0. The van der Waals surface area contributed by atoms with Gasteiger partial charge in [0.1, 0.15) is 11.1 Å². The molecule has 122 valence electrons. The molecule has 0 aromatic heterocycles. The molecule has 1 aromatic carbocycles. The summed E-state index contributed by atoms with van der Waals surface area (Å²) in [6.07, 6.45) is 1.56. The van der Waals surface area contributed by atoms with Gasteiger partial charge >= 0.3 is 5.97 Å². The van der Waals surface area contributed by atoms with Crippen LogP contribution in [0.15, 0.2) is 36.9 Å². The average molecular weight is 316 g/mol. The van der Waals surface area contributed by atoms with Crippen molar-refractivity contribution >= 4 is 23.5 Å². The molecule has 0 bridgehead atoms. The van der Waals surface area contributed by atoms with Crippen LogP contribution in [0.4, 0.5) is 5.69 Å². The van der Waals surface area contributed by atoms with Gasteiger partial charge in [-0.15, -0.1) is 0 Å². The largest absolute Gasteiger partial charge is 0.458 e. The van der Waals surface area contributed by atoms with Gasteiger partial charge in [0.25, 0.3) is 5.91 Å². The molecule has 1 heterocycles. The lowest BCUT2D eigenvalue weighted by atomic mass is 9.91. The van der Waals surface area contributed by atoms with Crippen LogP contribution in [0.1, 0.15) is 37.6 Å².